The number of phenols is 1. The molecule has 2 aromatic carbocycles. The summed E-state index contributed by atoms with van der Waals surface area (Å²) in [6.07, 6.45) is 2.73. The van der Waals surface area contributed by atoms with Crippen molar-refractivity contribution in [2.75, 3.05) is 14.2 Å². The van der Waals surface area contributed by atoms with Crippen molar-refractivity contribution < 1.29 is 24.3 Å². The van der Waals surface area contributed by atoms with Gasteiger partial charge in [-0.2, -0.15) is 0 Å². The van der Waals surface area contributed by atoms with Gasteiger partial charge in [-0.15, -0.1) is 0 Å². The Bertz CT molecular complexity index is 813. The fourth-order valence-electron chi connectivity index (χ4n) is 2.05. The molecular weight excluding hydrogens is 314 g/mol. The lowest BCUT2D eigenvalue weighted by Gasteiger charge is -2.08. The predicted molar refractivity (Wildman–Crippen MR) is 87.7 cm³/mol. The normalized spacial score (nSPS) is 10.6. The highest BCUT2D eigenvalue weighted by atomic mass is 16.6. The Balaban J connectivity index is 2.25. The summed E-state index contributed by atoms with van der Waals surface area (Å²) < 4.78 is 10.2. The number of nitro groups is 1. The van der Waals surface area contributed by atoms with Crippen LogP contribution in [0.1, 0.15) is 15.9 Å². The summed E-state index contributed by atoms with van der Waals surface area (Å²) in [5, 5.41) is 20.2. The molecule has 0 bridgehead atoms. The van der Waals surface area contributed by atoms with E-state index in [-0.39, 0.29) is 5.78 Å². The first-order valence-electron chi connectivity index (χ1n) is 6.88. The molecule has 0 atom stereocenters. The minimum Gasteiger partial charge on any atom is -0.502 e. The second-order valence-electron chi connectivity index (χ2n) is 4.77. The third-order valence-corrected chi connectivity index (χ3v) is 3.29. The van der Waals surface area contributed by atoms with Gasteiger partial charge in [-0.1, -0.05) is 12.1 Å². The molecule has 0 amide bonds. The third kappa shape index (κ3) is 3.70. The van der Waals surface area contributed by atoms with Crippen LogP contribution in [0, 0.1) is 10.1 Å². The van der Waals surface area contributed by atoms with E-state index in [4.69, 9.17) is 9.47 Å². The Labute approximate surface area is 137 Å². The molecule has 0 radical (unpaired) electrons. The lowest BCUT2D eigenvalue weighted by atomic mass is 10.1. The van der Waals surface area contributed by atoms with Gasteiger partial charge in [-0.25, -0.2) is 0 Å². The molecule has 24 heavy (non-hydrogen) atoms. The van der Waals surface area contributed by atoms with Gasteiger partial charge in [-0.05, 0) is 35.9 Å². The number of benzene rings is 2. The van der Waals surface area contributed by atoms with E-state index in [0.29, 0.717) is 22.6 Å². The lowest BCUT2D eigenvalue weighted by Crippen LogP contribution is -1.97. The number of nitrogens with zero attached hydrogens (tertiary/aromatic N) is 1. The maximum atomic E-state index is 12.2. The monoisotopic (exact) mass is 329 g/mol. The number of ketones is 1. The van der Waals surface area contributed by atoms with E-state index in [1.54, 1.807) is 18.2 Å². The van der Waals surface area contributed by atoms with Crippen LogP contribution in [0.5, 0.6) is 17.2 Å². The molecule has 0 aliphatic heterocycles. The number of ether oxygens (including phenoxy) is 2. The van der Waals surface area contributed by atoms with Crippen molar-refractivity contribution in [2.45, 2.75) is 0 Å². The van der Waals surface area contributed by atoms with Crippen LogP contribution in [0.3, 0.4) is 0 Å². The summed E-state index contributed by atoms with van der Waals surface area (Å²) in [6.45, 7) is 0. The van der Waals surface area contributed by atoms with E-state index >= 15 is 0 Å². The van der Waals surface area contributed by atoms with Gasteiger partial charge in [0, 0.05) is 11.6 Å². The highest BCUT2D eigenvalue weighted by molar-refractivity contribution is 6.07. The molecule has 0 saturated heterocycles. The average Bonchev–Trinajstić information content (AvgIpc) is 2.59. The van der Waals surface area contributed by atoms with Gasteiger partial charge in [0.1, 0.15) is 0 Å². The number of rotatable bonds is 6. The fourth-order valence-corrected chi connectivity index (χ4v) is 2.05. The number of hydrogen-bond acceptors (Lipinski definition) is 6. The van der Waals surface area contributed by atoms with Crippen molar-refractivity contribution in [3.63, 3.8) is 0 Å². The van der Waals surface area contributed by atoms with E-state index in [1.165, 1.54) is 44.6 Å². The SMILES string of the molecule is COc1ccc(C(=O)C=Cc2ccc(O)c([N+](=O)[O-])c2)cc1OC. The van der Waals surface area contributed by atoms with Gasteiger partial charge < -0.3 is 14.6 Å². The molecular formula is C17H15NO6. The molecule has 0 spiro atoms. The van der Waals surface area contributed by atoms with E-state index in [2.05, 4.69) is 0 Å². The zero-order valence-corrected chi connectivity index (χ0v) is 13.1. The van der Waals surface area contributed by atoms with Crippen molar-refractivity contribution in [2.24, 2.45) is 0 Å². The summed E-state index contributed by atoms with van der Waals surface area (Å²) in [4.78, 5) is 22.3. The van der Waals surface area contributed by atoms with E-state index in [0.717, 1.165) is 0 Å². The van der Waals surface area contributed by atoms with Gasteiger partial charge in [0.15, 0.2) is 23.0 Å². The average molecular weight is 329 g/mol. The second-order valence-corrected chi connectivity index (χ2v) is 4.77. The van der Waals surface area contributed by atoms with Crippen LogP contribution in [0.4, 0.5) is 5.69 Å². The molecule has 0 unspecified atom stereocenters. The largest absolute Gasteiger partial charge is 0.502 e. The molecule has 0 aromatic heterocycles. The number of allylic oxidation sites excluding steroid dienone is 1. The molecule has 0 fully saturated rings. The highest BCUT2D eigenvalue weighted by Crippen LogP contribution is 2.29. The van der Waals surface area contributed by atoms with Crippen LogP contribution in [-0.2, 0) is 0 Å². The van der Waals surface area contributed by atoms with E-state index < -0.39 is 16.4 Å². The first-order chi connectivity index (χ1) is 11.5. The van der Waals surface area contributed by atoms with Crippen LogP contribution < -0.4 is 9.47 Å². The predicted octanol–water partition coefficient (Wildman–Crippen LogP) is 3.21. The van der Waals surface area contributed by atoms with E-state index in [9.17, 15) is 20.0 Å². The Kier molecular flexibility index (Phi) is 5.16. The first kappa shape index (κ1) is 17.0. The van der Waals surface area contributed by atoms with Crippen molar-refractivity contribution in [3.8, 4) is 17.2 Å². The quantitative estimate of drug-likeness (QED) is 0.378. The highest BCUT2D eigenvalue weighted by Gasteiger charge is 2.13. The zero-order valence-electron chi connectivity index (χ0n) is 13.1. The summed E-state index contributed by atoms with van der Waals surface area (Å²) in [5.41, 5.74) is 0.390. The van der Waals surface area contributed by atoms with Gasteiger partial charge in [0.05, 0.1) is 19.1 Å². The van der Waals surface area contributed by atoms with Crippen molar-refractivity contribution in [1.82, 2.24) is 0 Å². The topological polar surface area (TPSA) is 98.9 Å². The minimum absolute atomic E-state index is 0.299. The number of carbonyl (C=O) groups excluding carboxylic acids is 1. The summed E-state index contributed by atoms with van der Waals surface area (Å²) in [7, 11) is 2.97. The van der Waals surface area contributed by atoms with Gasteiger partial charge >= 0.3 is 5.69 Å². The summed E-state index contributed by atoms with van der Waals surface area (Å²) >= 11 is 0. The Hall–Kier alpha value is -3.35. The number of phenolic OH excluding ortho intramolecular Hbond substituents is 1. The first-order valence-corrected chi connectivity index (χ1v) is 6.88. The fraction of sp³-hybridized carbons (Fsp3) is 0.118. The van der Waals surface area contributed by atoms with Crippen molar-refractivity contribution in [3.05, 3.63) is 63.7 Å². The maximum Gasteiger partial charge on any atom is 0.311 e. The molecule has 0 saturated carbocycles. The summed E-state index contributed by atoms with van der Waals surface area (Å²) in [6, 6.07) is 8.62. The molecule has 0 aliphatic carbocycles. The van der Waals surface area contributed by atoms with Crippen LogP contribution in [0.25, 0.3) is 6.08 Å². The number of methoxy groups -OCH3 is 2. The standard InChI is InChI=1S/C17H15NO6/c1-23-16-8-5-12(10-17(16)24-2)14(19)6-3-11-4-7-15(20)13(9-11)18(21)22/h3-10,20H,1-2H3. The Morgan fingerprint density at radius 3 is 2.46 bits per heavy atom. The Morgan fingerprint density at radius 1 is 1.12 bits per heavy atom. The smallest absolute Gasteiger partial charge is 0.311 e. The number of nitro benzene ring substituents is 1. The number of hydrogen-bond donors (Lipinski definition) is 1. The third-order valence-electron chi connectivity index (χ3n) is 3.29. The van der Waals surface area contributed by atoms with Crippen LogP contribution in [-0.4, -0.2) is 30.0 Å². The molecule has 0 aliphatic rings. The lowest BCUT2D eigenvalue weighted by molar-refractivity contribution is -0.385. The van der Waals surface area contributed by atoms with Gasteiger partial charge in [0.2, 0.25) is 0 Å². The molecule has 7 heteroatoms. The van der Waals surface area contributed by atoms with Crippen LogP contribution in [0.2, 0.25) is 0 Å². The molecule has 124 valence electrons. The zero-order chi connectivity index (χ0) is 17.7. The number of carbonyl (C=O) groups is 1. The molecule has 0 heterocycles. The minimum atomic E-state index is -0.692. The molecule has 1 N–H and O–H groups in total. The van der Waals surface area contributed by atoms with Gasteiger partial charge in [-0.3, -0.25) is 14.9 Å². The molecule has 2 aromatic rings. The Morgan fingerprint density at radius 2 is 1.83 bits per heavy atom. The molecule has 2 rings (SSSR count). The second kappa shape index (κ2) is 7.28. The number of aromatic hydroxyl groups is 1. The van der Waals surface area contributed by atoms with E-state index in [1.807, 2.05) is 0 Å². The van der Waals surface area contributed by atoms with Gasteiger partial charge in [0.25, 0.3) is 0 Å². The van der Waals surface area contributed by atoms with Crippen LogP contribution in [0.15, 0.2) is 42.5 Å². The van der Waals surface area contributed by atoms with Crippen molar-refractivity contribution in [1.29, 1.82) is 0 Å². The van der Waals surface area contributed by atoms with Crippen LogP contribution >= 0.6 is 0 Å². The summed E-state index contributed by atoms with van der Waals surface area (Å²) in [5.74, 6) is 0.208. The van der Waals surface area contributed by atoms with Crippen molar-refractivity contribution >= 4 is 17.5 Å². The maximum absolute atomic E-state index is 12.2. The molecule has 7 nitrogen and oxygen atoms in total.